The van der Waals surface area contributed by atoms with Crippen LogP contribution in [0.25, 0.3) is 0 Å². The van der Waals surface area contributed by atoms with Gasteiger partial charge in [-0.05, 0) is 0 Å². The van der Waals surface area contributed by atoms with Gasteiger partial charge in [-0.3, -0.25) is 0 Å². The van der Waals surface area contributed by atoms with Crippen LogP contribution in [0.15, 0.2) is 0 Å². The van der Waals surface area contributed by atoms with Crippen molar-refractivity contribution in [3.8, 4) is 0 Å². The molecule has 0 N–H and O–H groups in total. The Morgan fingerprint density at radius 1 is 1.36 bits per heavy atom. The molecule has 2 aliphatic rings. The summed E-state index contributed by atoms with van der Waals surface area (Å²) in [5.74, 6) is 4.44. The minimum absolute atomic E-state index is 0.0629. The van der Waals surface area contributed by atoms with E-state index in [4.69, 9.17) is 4.74 Å². The molecule has 0 radical (unpaired) electrons. The zero-order valence-corrected chi connectivity index (χ0v) is 9.33. The molecule has 2 rings (SSSR count). The van der Waals surface area contributed by atoms with Crippen LogP contribution >= 0.6 is 47.9 Å². The standard InChI is InChI=1S/C6H10OS4/c8-3-5-4-11-6(7-5)9-1-2-10-6/h5,8H,1-4H2/t5-/m0/s1. The molecule has 0 saturated carbocycles. The van der Waals surface area contributed by atoms with E-state index >= 15 is 0 Å². The molecular formula is C6H10OS4. The fourth-order valence-corrected chi connectivity index (χ4v) is 6.23. The van der Waals surface area contributed by atoms with E-state index in [2.05, 4.69) is 12.6 Å². The second-order valence-corrected chi connectivity index (χ2v) is 7.31. The second-order valence-electron chi connectivity index (χ2n) is 2.43. The van der Waals surface area contributed by atoms with Gasteiger partial charge in [-0.25, -0.2) is 0 Å². The summed E-state index contributed by atoms with van der Waals surface area (Å²) >= 11 is 10.1. The topological polar surface area (TPSA) is 9.23 Å². The highest BCUT2D eigenvalue weighted by atomic mass is 32.3. The molecule has 0 amide bonds. The van der Waals surface area contributed by atoms with E-state index in [9.17, 15) is 0 Å². The Balaban J connectivity index is 1.96. The van der Waals surface area contributed by atoms with Crippen molar-refractivity contribution in [1.82, 2.24) is 0 Å². The molecule has 0 unspecified atom stereocenters. The number of thioether (sulfide) groups is 3. The predicted molar refractivity (Wildman–Crippen MR) is 58.8 cm³/mol. The third kappa shape index (κ3) is 1.82. The van der Waals surface area contributed by atoms with Crippen molar-refractivity contribution < 1.29 is 4.74 Å². The van der Waals surface area contributed by atoms with Crippen molar-refractivity contribution in [2.45, 2.75) is 9.70 Å². The van der Waals surface area contributed by atoms with E-state index in [1.54, 1.807) is 0 Å². The van der Waals surface area contributed by atoms with Crippen LogP contribution in [0.3, 0.4) is 0 Å². The Labute approximate surface area is 85.2 Å². The van der Waals surface area contributed by atoms with Gasteiger partial charge < -0.3 is 4.74 Å². The summed E-state index contributed by atoms with van der Waals surface area (Å²) in [5.41, 5.74) is 0. The molecule has 2 heterocycles. The maximum absolute atomic E-state index is 5.87. The predicted octanol–water partition coefficient (Wildman–Crippen LogP) is 2.14. The summed E-state index contributed by atoms with van der Waals surface area (Å²) < 4.78 is 5.93. The molecule has 1 spiro atoms. The van der Waals surface area contributed by atoms with Crippen molar-refractivity contribution in [2.24, 2.45) is 0 Å². The lowest BCUT2D eigenvalue weighted by atomic mass is 10.5. The third-order valence-electron chi connectivity index (χ3n) is 1.60. The van der Waals surface area contributed by atoms with Crippen LogP contribution in [0.1, 0.15) is 0 Å². The third-order valence-corrected chi connectivity index (χ3v) is 7.09. The first-order valence-corrected chi connectivity index (χ1v) is 7.14. The summed E-state index contributed by atoms with van der Waals surface area (Å²) in [7, 11) is 0. The van der Waals surface area contributed by atoms with Gasteiger partial charge in [0.05, 0.1) is 6.10 Å². The van der Waals surface area contributed by atoms with Gasteiger partial charge >= 0.3 is 0 Å². The molecule has 1 atom stereocenters. The zero-order valence-electron chi connectivity index (χ0n) is 5.99. The lowest BCUT2D eigenvalue weighted by molar-refractivity contribution is 0.110. The van der Waals surface area contributed by atoms with Crippen LogP contribution < -0.4 is 0 Å². The van der Waals surface area contributed by atoms with Crippen LogP contribution in [0.2, 0.25) is 0 Å². The molecule has 0 bridgehead atoms. The molecule has 64 valence electrons. The Bertz CT molecular complexity index is 146. The van der Waals surface area contributed by atoms with Crippen molar-refractivity contribution in [3.05, 3.63) is 0 Å². The van der Waals surface area contributed by atoms with Gasteiger partial charge in [0, 0.05) is 23.0 Å². The summed E-state index contributed by atoms with van der Waals surface area (Å²) in [6, 6.07) is 0. The van der Waals surface area contributed by atoms with E-state index in [-0.39, 0.29) is 3.60 Å². The first-order chi connectivity index (χ1) is 5.35. The summed E-state index contributed by atoms with van der Waals surface area (Å²) in [6.45, 7) is 0. The fourth-order valence-electron chi connectivity index (χ4n) is 1.08. The van der Waals surface area contributed by atoms with E-state index in [1.807, 2.05) is 35.3 Å². The number of ether oxygens (including phenoxy) is 1. The Hall–Kier alpha value is 1.36. The van der Waals surface area contributed by atoms with Gasteiger partial charge in [0.2, 0.25) is 3.60 Å². The minimum Gasteiger partial charge on any atom is -0.341 e. The maximum atomic E-state index is 5.87. The monoisotopic (exact) mass is 226 g/mol. The molecule has 0 aromatic carbocycles. The minimum atomic E-state index is 0.0629. The van der Waals surface area contributed by atoms with E-state index in [0.717, 1.165) is 11.5 Å². The van der Waals surface area contributed by atoms with E-state index in [0.29, 0.717) is 6.10 Å². The second kappa shape index (κ2) is 3.62. The van der Waals surface area contributed by atoms with Gasteiger partial charge in [0.15, 0.2) is 0 Å². The lowest BCUT2D eigenvalue weighted by Gasteiger charge is -2.19. The molecule has 0 aliphatic carbocycles. The molecule has 0 aromatic rings. The van der Waals surface area contributed by atoms with Crippen LogP contribution in [-0.4, -0.2) is 32.7 Å². The molecule has 5 heteroatoms. The summed E-state index contributed by atoms with van der Waals surface area (Å²) in [5, 5.41) is 0. The number of thiol groups is 1. The normalized spacial score (nSPS) is 35.2. The molecule has 2 fully saturated rings. The quantitative estimate of drug-likeness (QED) is 0.686. The molecular weight excluding hydrogens is 216 g/mol. The van der Waals surface area contributed by atoms with Crippen LogP contribution in [0, 0.1) is 0 Å². The Morgan fingerprint density at radius 2 is 2.09 bits per heavy atom. The first kappa shape index (κ1) is 8.94. The van der Waals surface area contributed by atoms with Gasteiger partial charge in [0.1, 0.15) is 0 Å². The first-order valence-electron chi connectivity index (χ1n) is 3.55. The zero-order chi connectivity index (χ0) is 7.73. The molecule has 1 nitrogen and oxygen atoms in total. The van der Waals surface area contributed by atoms with Crippen LogP contribution in [0.5, 0.6) is 0 Å². The van der Waals surface area contributed by atoms with Crippen molar-refractivity contribution in [2.75, 3.05) is 23.0 Å². The molecule has 2 saturated heterocycles. The highest BCUT2D eigenvalue weighted by Crippen LogP contribution is 2.57. The van der Waals surface area contributed by atoms with Crippen molar-refractivity contribution in [3.63, 3.8) is 0 Å². The smallest absolute Gasteiger partial charge is 0.209 e. The van der Waals surface area contributed by atoms with Gasteiger partial charge in [0.25, 0.3) is 0 Å². The summed E-state index contributed by atoms with van der Waals surface area (Å²) in [4.78, 5) is 0. The number of hydrogen-bond donors (Lipinski definition) is 1. The van der Waals surface area contributed by atoms with Gasteiger partial charge in [-0.2, -0.15) is 12.6 Å². The number of rotatable bonds is 1. The SMILES string of the molecule is SC[C@H]1CSC2(O1)SCCS2. The molecule has 2 aliphatic heterocycles. The summed E-state index contributed by atoms with van der Waals surface area (Å²) in [6.07, 6.45) is 0.376. The Kier molecular flexibility index (Phi) is 2.94. The Morgan fingerprint density at radius 3 is 2.64 bits per heavy atom. The highest BCUT2D eigenvalue weighted by molar-refractivity contribution is 8.35. The lowest BCUT2D eigenvalue weighted by Crippen LogP contribution is -2.17. The van der Waals surface area contributed by atoms with Gasteiger partial charge in [-0.15, -0.1) is 35.3 Å². The van der Waals surface area contributed by atoms with E-state index < -0.39 is 0 Å². The highest BCUT2D eigenvalue weighted by Gasteiger charge is 2.44. The van der Waals surface area contributed by atoms with Crippen molar-refractivity contribution >= 4 is 47.9 Å². The van der Waals surface area contributed by atoms with Crippen molar-refractivity contribution in [1.29, 1.82) is 0 Å². The number of hydrogen-bond acceptors (Lipinski definition) is 5. The average molecular weight is 226 g/mol. The molecule has 11 heavy (non-hydrogen) atoms. The largest absolute Gasteiger partial charge is 0.341 e. The maximum Gasteiger partial charge on any atom is 0.209 e. The van der Waals surface area contributed by atoms with E-state index in [1.165, 1.54) is 11.5 Å². The average Bonchev–Trinajstić information content (AvgIpc) is 2.62. The van der Waals surface area contributed by atoms with Gasteiger partial charge in [-0.1, -0.05) is 0 Å². The fraction of sp³-hybridized carbons (Fsp3) is 1.00. The van der Waals surface area contributed by atoms with Crippen LogP contribution in [-0.2, 0) is 4.74 Å². The molecule has 0 aromatic heterocycles. The van der Waals surface area contributed by atoms with Crippen LogP contribution in [0.4, 0.5) is 0 Å².